The molecule has 1 unspecified atom stereocenters. The summed E-state index contributed by atoms with van der Waals surface area (Å²) in [6.45, 7) is 6.22. The Morgan fingerprint density at radius 2 is 0.571 bits per heavy atom. The van der Waals surface area contributed by atoms with Crippen LogP contribution < -0.4 is 0 Å². The lowest BCUT2D eigenvalue weighted by atomic mass is 10.1. The van der Waals surface area contributed by atoms with Gasteiger partial charge in [0.2, 0.25) is 0 Å². The maximum atomic E-state index is 12.8. The van der Waals surface area contributed by atoms with Gasteiger partial charge in [0, 0.05) is 19.3 Å². The summed E-state index contributed by atoms with van der Waals surface area (Å²) in [5.74, 6) is -0.989. The van der Waals surface area contributed by atoms with Crippen LogP contribution in [0, 0.1) is 0 Å². The zero-order chi connectivity index (χ0) is 45.8. The molecule has 0 saturated carbocycles. The second kappa shape index (κ2) is 50.5. The van der Waals surface area contributed by atoms with E-state index in [1.54, 1.807) is 0 Å². The fraction of sp³-hybridized carbons (Fsp3) is 0.596. The number of ether oxygens (including phenoxy) is 3. The Kier molecular flexibility index (Phi) is 47.1. The molecule has 0 bridgehead atoms. The first-order valence-corrected chi connectivity index (χ1v) is 25.0. The van der Waals surface area contributed by atoms with Gasteiger partial charge in [-0.1, -0.05) is 181 Å². The van der Waals surface area contributed by atoms with Crippen molar-refractivity contribution in [2.45, 2.75) is 207 Å². The minimum Gasteiger partial charge on any atom is -0.462 e. The van der Waals surface area contributed by atoms with Crippen LogP contribution in [0.15, 0.2) is 122 Å². The van der Waals surface area contributed by atoms with Gasteiger partial charge in [-0.05, 0) is 122 Å². The van der Waals surface area contributed by atoms with Gasteiger partial charge in [0.1, 0.15) is 13.2 Å². The van der Waals surface area contributed by atoms with Gasteiger partial charge in [-0.25, -0.2) is 0 Å². The van der Waals surface area contributed by atoms with E-state index < -0.39 is 6.10 Å². The first kappa shape index (κ1) is 58.8. The van der Waals surface area contributed by atoms with Gasteiger partial charge in [-0.3, -0.25) is 14.4 Å². The molecular weight excluding hydrogens is 781 g/mol. The second-order valence-corrected chi connectivity index (χ2v) is 15.9. The molecule has 0 heterocycles. The van der Waals surface area contributed by atoms with E-state index in [0.717, 1.165) is 161 Å². The third-order valence-electron chi connectivity index (χ3n) is 9.94. The van der Waals surface area contributed by atoms with Crippen molar-refractivity contribution in [3.8, 4) is 0 Å². The molecule has 63 heavy (non-hydrogen) atoms. The van der Waals surface area contributed by atoms with E-state index in [4.69, 9.17) is 14.2 Å². The third kappa shape index (κ3) is 48.7. The van der Waals surface area contributed by atoms with E-state index >= 15 is 0 Å². The molecule has 0 fully saturated rings. The van der Waals surface area contributed by atoms with Crippen LogP contribution in [0.25, 0.3) is 0 Å². The molecule has 0 radical (unpaired) electrons. The Bertz CT molecular complexity index is 1370. The normalized spacial score (nSPS) is 13.1. The summed E-state index contributed by atoms with van der Waals surface area (Å²) in [7, 11) is 0. The minimum absolute atomic E-state index is 0.109. The largest absolute Gasteiger partial charge is 0.462 e. The second-order valence-electron chi connectivity index (χ2n) is 15.9. The van der Waals surface area contributed by atoms with Crippen LogP contribution in [-0.4, -0.2) is 37.2 Å². The van der Waals surface area contributed by atoms with E-state index in [1.165, 1.54) is 0 Å². The number of carbonyl (C=O) groups is 3. The Hall–Kier alpha value is -4.19. The first-order chi connectivity index (χ1) is 31.0. The molecular formula is C57H90O6. The SMILES string of the molecule is CC/C=C\C/C=C\C/C=C\C/C=C\C/C=C\CCCCCC(=O)OCC(COC(=O)CCCCCCC/C=C\C/C=C\CC)OC(=O)CCCCCC/C=C\C/C=C\C/C=C\CC. The summed E-state index contributed by atoms with van der Waals surface area (Å²) in [5.41, 5.74) is 0. The van der Waals surface area contributed by atoms with Gasteiger partial charge in [0.25, 0.3) is 0 Å². The smallest absolute Gasteiger partial charge is 0.306 e. The fourth-order valence-electron chi connectivity index (χ4n) is 6.28. The van der Waals surface area contributed by atoms with Crippen LogP contribution in [0.3, 0.4) is 0 Å². The van der Waals surface area contributed by atoms with Crippen LogP contribution in [0.5, 0.6) is 0 Å². The van der Waals surface area contributed by atoms with Crippen molar-refractivity contribution in [2.75, 3.05) is 13.2 Å². The highest BCUT2D eigenvalue weighted by Gasteiger charge is 2.19. The van der Waals surface area contributed by atoms with Crippen LogP contribution in [0.4, 0.5) is 0 Å². The molecule has 0 aliphatic rings. The van der Waals surface area contributed by atoms with Crippen molar-refractivity contribution in [1.82, 2.24) is 0 Å². The van der Waals surface area contributed by atoms with Crippen LogP contribution >= 0.6 is 0 Å². The van der Waals surface area contributed by atoms with Gasteiger partial charge in [0.05, 0.1) is 0 Å². The van der Waals surface area contributed by atoms with Crippen molar-refractivity contribution in [3.05, 3.63) is 122 Å². The monoisotopic (exact) mass is 871 g/mol. The van der Waals surface area contributed by atoms with Gasteiger partial charge in [-0.15, -0.1) is 0 Å². The van der Waals surface area contributed by atoms with Crippen molar-refractivity contribution in [3.63, 3.8) is 0 Å². The molecule has 0 aromatic rings. The van der Waals surface area contributed by atoms with Gasteiger partial charge in [0.15, 0.2) is 6.10 Å². The predicted molar refractivity (Wildman–Crippen MR) is 269 cm³/mol. The molecule has 0 rings (SSSR count). The van der Waals surface area contributed by atoms with Crippen molar-refractivity contribution in [1.29, 1.82) is 0 Å². The van der Waals surface area contributed by atoms with Gasteiger partial charge >= 0.3 is 17.9 Å². The molecule has 354 valence electrons. The van der Waals surface area contributed by atoms with E-state index in [-0.39, 0.29) is 37.5 Å². The van der Waals surface area contributed by atoms with E-state index in [1.807, 2.05) is 0 Å². The highest BCUT2D eigenvalue weighted by Crippen LogP contribution is 2.12. The maximum Gasteiger partial charge on any atom is 0.306 e. The van der Waals surface area contributed by atoms with Gasteiger partial charge in [-0.2, -0.15) is 0 Å². The van der Waals surface area contributed by atoms with Crippen LogP contribution in [-0.2, 0) is 28.6 Å². The zero-order valence-corrected chi connectivity index (χ0v) is 40.3. The minimum atomic E-state index is -0.812. The molecule has 1 atom stereocenters. The topological polar surface area (TPSA) is 78.9 Å². The van der Waals surface area contributed by atoms with Crippen molar-refractivity contribution < 1.29 is 28.6 Å². The summed E-state index contributed by atoms with van der Waals surface area (Å²) in [6, 6.07) is 0. The first-order valence-electron chi connectivity index (χ1n) is 25.0. The third-order valence-corrected chi connectivity index (χ3v) is 9.94. The average Bonchev–Trinajstić information content (AvgIpc) is 3.28. The molecule has 0 N–H and O–H groups in total. The lowest BCUT2D eigenvalue weighted by Crippen LogP contribution is -2.30. The van der Waals surface area contributed by atoms with E-state index in [9.17, 15) is 14.4 Å². The summed E-state index contributed by atoms with van der Waals surface area (Å²) < 4.78 is 16.7. The molecule has 0 saturated heterocycles. The number of hydrogen-bond acceptors (Lipinski definition) is 6. The standard InChI is InChI=1S/C57H90O6/c1-4-7-10-13-16-19-22-25-27-28-29-30-31-33-35-38-41-44-47-50-56(59)62-53-54(52-61-55(58)49-46-43-40-37-34-24-21-18-15-12-9-6-3)63-57(60)51-48-45-42-39-36-32-26-23-20-17-14-11-8-5-2/h7-12,16-21,25-27,29-30,32-33,35,54H,4-6,13-15,22-24,28,31,34,36-53H2,1-3H3/b10-7-,11-8-,12-9-,19-16-,20-17-,21-18-,27-25-,30-29-,32-26-,35-33-. The molecule has 6 nitrogen and oxygen atoms in total. The predicted octanol–water partition coefficient (Wildman–Crippen LogP) is 16.5. The number of rotatable bonds is 43. The Morgan fingerprint density at radius 3 is 0.905 bits per heavy atom. The van der Waals surface area contributed by atoms with E-state index in [0.29, 0.717) is 12.8 Å². The number of carbonyl (C=O) groups excluding carboxylic acids is 3. The molecule has 0 spiro atoms. The lowest BCUT2D eigenvalue weighted by molar-refractivity contribution is -0.167. The number of allylic oxidation sites excluding steroid dienone is 20. The van der Waals surface area contributed by atoms with Crippen LogP contribution in [0.1, 0.15) is 201 Å². The lowest BCUT2D eigenvalue weighted by Gasteiger charge is -2.18. The highest BCUT2D eigenvalue weighted by atomic mass is 16.6. The summed E-state index contributed by atoms with van der Waals surface area (Å²) in [4.78, 5) is 37.9. The summed E-state index contributed by atoms with van der Waals surface area (Å²) >= 11 is 0. The van der Waals surface area contributed by atoms with E-state index in [2.05, 4.69) is 142 Å². The summed E-state index contributed by atoms with van der Waals surface area (Å²) in [6.07, 6.45) is 69.0. The molecule has 0 aliphatic heterocycles. The molecule has 0 amide bonds. The average molecular weight is 871 g/mol. The number of esters is 3. The van der Waals surface area contributed by atoms with Gasteiger partial charge < -0.3 is 14.2 Å². The molecule has 0 aromatic carbocycles. The molecule has 0 aromatic heterocycles. The Morgan fingerprint density at radius 1 is 0.317 bits per heavy atom. The Balaban J connectivity index is 4.50. The summed E-state index contributed by atoms with van der Waals surface area (Å²) in [5, 5.41) is 0. The van der Waals surface area contributed by atoms with Crippen molar-refractivity contribution >= 4 is 17.9 Å². The van der Waals surface area contributed by atoms with Crippen molar-refractivity contribution in [2.24, 2.45) is 0 Å². The molecule has 0 aliphatic carbocycles. The number of hydrogen-bond donors (Lipinski definition) is 0. The maximum absolute atomic E-state index is 12.8. The Labute approximate surface area is 386 Å². The van der Waals surface area contributed by atoms with Crippen LogP contribution in [0.2, 0.25) is 0 Å². The number of unbranched alkanes of at least 4 members (excludes halogenated alkanes) is 12. The molecule has 6 heteroatoms. The zero-order valence-electron chi connectivity index (χ0n) is 40.3. The highest BCUT2D eigenvalue weighted by molar-refractivity contribution is 5.71. The fourth-order valence-corrected chi connectivity index (χ4v) is 6.28. The quantitative estimate of drug-likeness (QED) is 0.0263.